The number of halogens is 6. The molecule has 0 aliphatic heterocycles. The van der Waals surface area contributed by atoms with E-state index in [4.69, 9.17) is 0 Å². The number of hydrogen-bond acceptors (Lipinski definition) is 0. The van der Waals surface area contributed by atoms with Crippen LogP contribution in [0.1, 0.15) is 13.8 Å². The number of quaternary nitrogens is 1. The van der Waals surface area contributed by atoms with Crippen molar-refractivity contribution in [2.24, 2.45) is 5.92 Å². The van der Waals surface area contributed by atoms with Crippen LogP contribution in [0.4, 0.5) is 25.2 Å². The van der Waals surface area contributed by atoms with E-state index in [9.17, 15) is 25.2 Å². The molecule has 0 aromatic heterocycles. The van der Waals surface area contributed by atoms with Gasteiger partial charge in [0.15, 0.2) is 0 Å². The molecule has 0 unspecified atom stereocenters. The van der Waals surface area contributed by atoms with Crippen LogP contribution in [-0.2, 0) is 0 Å². The van der Waals surface area contributed by atoms with Crippen LogP contribution in [-0.4, -0.2) is 6.54 Å². The first-order valence-corrected chi connectivity index (χ1v) is 5.11. The number of rotatable bonds is 1. The first kappa shape index (κ1) is 14.5. The average Bonchev–Trinajstić information content (AvgIpc) is 1.56. The van der Waals surface area contributed by atoms with E-state index in [2.05, 4.69) is 19.6 Å². The standard InChI is InChI=1S/C4H11N.F6P/c1-4(2)3-5;1-7(2,3,4,5)6/h4H,3,5H2,1-2H3;/q;-1/p+1. The Balaban J connectivity index is 0. The van der Waals surface area contributed by atoms with E-state index in [1.165, 1.54) is 0 Å². The Kier molecular flexibility index (Phi) is 3.66. The predicted octanol–water partition coefficient (Wildman–Crippen LogP) is 3.27. The topological polar surface area (TPSA) is 27.6 Å². The zero-order valence-electron chi connectivity index (χ0n) is 6.71. The van der Waals surface area contributed by atoms with Crippen molar-refractivity contribution in [1.82, 2.24) is 0 Å². The quantitative estimate of drug-likeness (QED) is 0.517. The minimum absolute atomic E-state index is 0.773. The summed E-state index contributed by atoms with van der Waals surface area (Å²) in [4.78, 5) is 0. The van der Waals surface area contributed by atoms with Gasteiger partial charge in [0.05, 0.1) is 6.54 Å². The summed E-state index contributed by atoms with van der Waals surface area (Å²) in [6.07, 6.45) is 0. The van der Waals surface area contributed by atoms with Gasteiger partial charge in [0, 0.05) is 5.92 Å². The van der Waals surface area contributed by atoms with Crippen LogP contribution in [0.5, 0.6) is 0 Å². The molecule has 12 heavy (non-hydrogen) atoms. The Morgan fingerprint density at radius 1 is 1.00 bits per heavy atom. The molecule has 0 spiro atoms. The molecule has 0 aromatic carbocycles. The summed E-state index contributed by atoms with van der Waals surface area (Å²) >= 11 is 0. The minimum atomic E-state index is -10.7. The molecule has 0 amide bonds. The van der Waals surface area contributed by atoms with Crippen molar-refractivity contribution >= 4 is 7.81 Å². The summed E-state index contributed by atoms with van der Waals surface area (Å²) in [5.41, 5.74) is 3.69. The molecule has 0 aliphatic rings. The summed E-state index contributed by atoms with van der Waals surface area (Å²) in [5.74, 6) is 0.773. The van der Waals surface area contributed by atoms with Crippen molar-refractivity contribution in [2.45, 2.75) is 13.8 Å². The van der Waals surface area contributed by atoms with Gasteiger partial charge in [0.1, 0.15) is 0 Å². The predicted molar refractivity (Wildman–Crippen MR) is 36.2 cm³/mol. The van der Waals surface area contributed by atoms with Crippen LogP contribution in [0.15, 0.2) is 0 Å². The van der Waals surface area contributed by atoms with Crippen LogP contribution in [0.25, 0.3) is 0 Å². The van der Waals surface area contributed by atoms with E-state index < -0.39 is 7.81 Å². The first-order valence-electron chi connectivity index (χ1n) is 3.08. The molecule has 8 heteroatoms. The van der Waals surface area contributed by atoms with Gasteiger partial charge >= 0.3 is 33.0 Å². The van der Waals surface area contributed by atoms with E-state index in [0.717, 1.165) is 12.5 Å². The third kappa shape index (κ3) is 207. The van der Waals surface area contributed by atoms with Crippen LogP contribution in [0, 0.1) is 5.92 Å². The van der Waals surface area contributed by atoms with E-state index in [0.29, 0.717) is 0 Å². The molecule has 0 bridgehead atoms. The number of hydrogen-bond donors (Lipinski definition) is 1. The molecule has 0 atom stereocenters. The van der Waals surface area contributed by atoms with Crippen LogP contribution in [0.2, 0.25) is 0 Å². The third-order valence-corrected chi connectivity index (χ3v) is 0.577. The first-order chi connectivity index (χ1) is 4.72. The van der Waals surface area contributed by atoms with Gasteiger partial charge in [-0.1, -0.05) is 13.8 Å². The second-order valence-electron chi connectivity index (χ2n) is 2.64. The zero-order chi connectivity index (χ0) is 10.7. The molecular formula is C4H12F6NP. The van der Waals surface area contributed by atoms with Gasteiger partial charge in [-0.15, -0.1) is 0 Å². The Hall–Kier alpha value is -0.0300. The fourth-order valence-electron chi connectivity index (χ4n) is 0. The normalized spacial score (nSPS) is 17.5. The van der Waals surface area contributed by atoms with E-state index >= 15 is 0 Å². The molecule has 0 heterocycles. The molecular weight excluding hydrogens is 207 g/mol. The molecule has 0 radical (unpaired) electrons. The Labute approximate surface area is 66.2 Å². The van der Waals surface area contributed by atoms with Crippen molar-refractivity contribution in [1.29, 1.82) is 0 Å². The van der Waals surface area contributed by atoms with Crippen LogP contribution < -0.4 is 5.73 Å². The van der Waals surface area contributed by atoms with Gasteiger partial charge in [0.2, 0.25) is 0 Å². The van der Waals surface area contributed by atoms with Gasteiger partial charge < -0.3 is 5.73 Å². The maximum atomic E-state index is 9.87. The van der Waals surface area contributed by atoms with Gasteiger partial charge in [-0.05, 0) is 0 Å². The molecule has 3 N–H and O–H groups in total. The SMILES string of the molecule is CC(C)C[NH3+].F[P-](F)(F)(F)(F)F. The van der Waals surface area contributed by atoms with Gasteiger partial charge in [0.25, 0.3) is 0 Å². The van der Waals surface area contributed by atoms with E-state index in [1.807, 2.05) is 0 Å². The third-order valence-electron chi connectivity index (χ3n) is 0.577. The molecule has 0 fully saturated rings. The van der Waals surface area contributed by atoms with E-state index in [1.54, 1.807) is 0 Å². The van der Waals surface area contributed by atoms with Crippen molar-refractivity contribution < 1.29 is 30.9 Å². The second-order valence-corrected chi connectivity index (χ2v) is 4.56. The fourth-order valence-corrected chi connectivity index (χ4v) is 0. The molecule has 80 valence electrons. The summed E-state index contributed by atoms with van der Waals surface area (Å²) in [5, 5.41) is 0. The fraction of sp³-hybridized carbons (Fsp3) is 1.00. The van der Waals surface area contributed by atoms with Crippen LogP contribution >= 0.6 is 7.81 Å². The summed E-state index contributed by atoms with van der Waals surface area (Å²) < 4.78 is 59.2. The monoisotopic (exact) mass is 219 g/mol. The summed E-state index contributed by atoms with van der Waals surface area (Å²) in [6, 6.07) is 0. The van der Waals surface area contributed by atoms with Gasteiger partial charge in [-0.3, -0.25) is 0 Å². The van der Waals surface area contributed by atoms with Gasteiger partial charge in [-0.25, -0.2) is 0 Å². The molecule has 0 rings (SSSR count). The molecule has 0 aliphatic carbocycles. The van der Waals surface area contributed by atoms with Crippen molar-refractivity contribution in [2.75, 3.05) is 6.54 Å². The second kappa shape index (κ2) is 3.03. The Morgan fingerprint density at radius 3 is 1.08 bits per heavy atom. The summed E-state index contributed by atoms with van der Waals surface area (Å²) in [7, 11) is -10.7. The molecule has 0 aromatic rings. The van der Waals surface area contributed by atoms with E-state index in [-0.39, 0.29) is 0 Å². The van der Waals surface area contributed by atoms with Crippen molar-refractivity contribution in [3.8, 4) is 0 Å². The van der Waals surface area contributed by atoms with Gasteiger partial charge in [-0.2, -0.15) is 0 Å². The Bertz CT molecular complexity index is 120. The molecule has 0 saturated carbocycles. The molecule has 1 nitrogen and oxygen atoms in total. The van der Waals surface area contributed by atoms with Crippen molar-refractivity contribution in [3.63, 3.8) is 0 Å². The zero-order valence-corrected chi connectivity index (χ0v) is 7.60. The van der Waals surface area contributed by atoms with Crippen molar-refractivity contribution in [3.05, 3.63) is 0 Å². The van der Waals surface area contributed by atoms with Crippen LogP contribution in [0.3, 0.4) is 0 Å². The average molecular weight is 219 g/mol. The summed E-state index contributed by atoms with van der Waals surface area (Å²) in [6.45, 7) is 5.38. The Morgan fingerprint density at radius 2 is 1.08 bits per heavy atom. The molecule has 0 saturated heterocycles. The maximum absolute atomic E-state index is 10.7.